The molecule has 0 bridgehead atoms. The third-order valence-corrected chi connectivity index (χ3v) is 5.02. The van der Waals surface area contributed by atoms with Crippen LogP contribution in [0.25, 0.3) is 0 Å². The van der Waals surface area contributed by atoms with Gasteiger partial charge in [-0.1, -0.05) is 49.4 Å². The molecule has 5 heteroatoms. The van der Waals surface area contributed by atoms with Crippen molar-refractivity contribution < 1.29 is 14.3 Å². The van der Waals surface area contributed by atoms with Crippen LogP contribution in [0.1, 0.15) is 30.0 Å². The van der Waals surface area contributed by atoms with Crippen LogP contribution in [0, 0.1) is 13.8 Å². The van der Waals surface area contributed by atoms with E-state index in [0.29, 0.717) is 25.1 Å². The number of nitrogens with one attached hydrogen (secondary N) is 1. The first-order valence-electron chi connectivity index (χ1n) is 9.71. The average Bonchev–Trinajstić information content (AvgIpc) is 2.72. The molecular weight excluding hydrogens is 352 g/mol. The van der Waals surface area contributed by atoms with Gasteiger partial charge >= 0.3 is 0 Å². The molecule has 0 fully saturated rings. The van der Waals surface area contributed by atoms with Crippen LogP contribution in [0.4, 0.5) is 0 Å². The highest BCUT2D eigenvalue weighted by Crippen LogP contribution is 2.20. The summed E-state index contributed by atoms with van der Waals surface area (Å²) in [7, 11) is 1.59. The molecule has 0 spiro atoms. The molecule has 150 valence electrons. The highest BCUT2D eigenvalue weighted by molar-refractivity contribution is 5.88. The van der Waals surface area contributed by atoms with Gasteiger partial charge in [-0.3, -0.25) is 9.59 Å². The molecule has 0 aliphatic heterocycles. The maximum atomic E-state index is 13.0. The van der Waals surface area contributed by atoms with Crippen molar-refractivity contribution >= 4 is 11.8 Å². The quantitative estimate of drug-likeness (QED) is 0.724. The number of benzene rings is 2. The molecule has 0 saturated carbocycles. The number of carbonyl (C=O) groups excluding carboxylic acids is 2. The number of hydrogen-bond acceptors (Lipinski definition) is 3. The number of hydrogen-bond donors (Lipinski definition) is 1. The summed E-state index contributed by atoms with van der Waals surface area (Å²) in [4.78, 5) is 26.9. The number of nitrogens with zero attached hydrogens (tertiary/aromatic N) is 1. The molecule has 0 aromatic heterocycles. The average molecular weight is 383 g/mol. The lowest BCUT2D eigenvalue weighted by Crippen LogP contribution is -2.50. The molecule has 1 atom stereocenters. The highest BCUT2D eigenvalue weighted by atomic mass is 16.5. The number of aryl methyl sites for hydroxylation is 1. The molecule has 0 radical (unpaired) electrons. The number of ether oxygens (including phenoxy) is 1. The Labute approximate surface area is 167 Å². The Morgan fingerprint density at radius 2 is 1.79 bits per heavy atom. The normalized spacial score (nSPS) is 11.6. The van der Waals surface area contributed by atoms with Gasteiger partial charge in [0.05, 0.1) is 0 Å². The molecule has 2 aromatic carbocycles. The zero-order valence-corrected chi connectivity index (χ0v) is 17.2. The first-order valence-corrected chi connectivity index (χ1v) is 9.71. The number of rotatable bonds is 9. The van der Waals surface area contributed by atoms with Gasteiger partial charge in [0.25, 0.3) is 5.91 Å². The third kappa shape index (κ3) is 5.59. The fourth-order valence-corrected chi connectivity index (χ4v) is 3.17. The fourth-order valence-electron chi connectivity index (χ4n) is 3.17. The first-order chi connectivity index (χ1) is 13.5. The largest absolute Gasteiger partial charge is 0.483 e. The van der Waals surface area contributed by atoms with Crippen LogP contribution < -0.4 is 10.1 Å². The van der Waals surface area contributed by atoms with Gasteiger partial charge in [0.15, 0.2) is 6.61 Å². The van der Waals surface area contributed by atoms with Crippen molar-refractivity contribution in [2.24, 2.45) is 0 Å². The molecule has 1 N–H and O–H groups in total. The summed E-state index contributed by atoms with van der Waals surface area (Å²) < 4.78 is 5.80. The van der Waals surface area contributed by atoms with Gasteiger partial charge in [-0.15, -0.1) is 0 Å². The lowest BCUT2D eigenvalue weighted by molar-refractivity contribution is -0.142. The second-order valence-corrected chi connectivity index (χ2v) is 6.85. The van der Waals surface area contributed by atoms with Crippen LogP contribution in [-0.2, 0) is 16.0 Å². The molecule has 2 amide bonds. The van der Waals surface area contributed by atoms with Gasteiger partial charge in [0.2, 0.25) is 5.91 Å². The summed E-state index contributed by atoms with van der Waals surface area (Å²) in [5.74, 6) is 0.354. The van der Waals surface area contributed by atoms with E-state index in [1.165, 1.54) is 0 Å². The van der Waals surface area contributed by atoms with E-state index in [9.17, 15) is 9.59 Å². The van der Waals surface area contributed by atoms with Crippen LogP contribution in [0.15, 0.2) is 48.5 Å². The van der Waals surface area contributed by atoms with Gasteiger partial charge in [-0.05, 0) is 49.4 Å². The predicted octanol–water partition coefficient (Wildman–Crippen LogP) is 3.28. The number of likely N-dealkylation sites (N-methyl/N-ethyl adjacent to an activating group) is 1. The van der Waals surface area contributed by atoms with Crippen LogP contribution in [0.2, 0.25) is 0 Å². The summed E-state index contributed by atoms with van der Waals surface area (Å²) in [5, 5.41) is 2.67. The third-order valence-electron chi connectivity index (χ3n) is 5.02. The first kappa shape index (κ1) is 21.5. The fraction of sp³-hybridized carbons (Fsp3) is 0.391. The van der Waals surface area contributed by atoms with Gasteiger partial charge < -0.3 is 15.0 Å². The lowest BCUT2D eigenvalue weighted by atomic mass is 10.1. The van der Waals surface area contributed by atoms with Crippen LogP contribution >= 0.6 is 0 Å². The Hall–Kier alpha value is -2.82. The molecule has 2 rings (SSSR count). The van der Waals surface area contributed by atoms with Crippen molar-refractivity contribution in [2.75, 3.05) is 20.2 Å². The Balaban J connectivity index is 2.12. The standard InChI is InChI=1S/C23H30N2O3/c1-5-20(23(27)24-4)25(15-14-19-11-7-6-8-12-19)22(26)16-28-21-13-9-10-17(2)18(21)3/h6-13,20H,5,14-16H2,1-4H3,(H,24,27)/t20-/m0/s1. The van der Waals surface area contributed by atoms with E-state index in [2.05, 4.69) is 5.32 Å². The van der Waals surface area contributed by atoms with E-state index in [4.69, 9.17) is 4.74 Å². The molecular formula is C23H30N2O3. The van der Waals surface area contributed by atoms with E-state index < -0.39 is 6.04 Å². The van der Waals surface area contributed by atoms with Crippen molar-refractivity contribution in [3.63, 3.8) is 0 Å². The summed E-state index contributed by atoms with van der Waals surface area (Å²) in [6, 6.07) is 15.2. The number of amides is 2. The molecule has 0 heterocycles. The minimum atomic E-state index is -0.511. The molecule has 5 nitrogen and oxygen atoms in total. The van der Waals surface area contributed by atoms with Crippen LogP contribution in [-0.4, -0.2) is 43.0 Å². The van der Waals surface area contributed by atoms with Crippen molar-refractivity contribution in [2.45, 2.75) is 39.7 Å². The van der Waals surface area contributed by atoms with Crippen molar-refractivity contribution in [1.82, 2.24) is 10.2 Å². The molecule has 28 heavy (non-hydrogen) atoms. The summed E-state index contributed by atoms with van der Waals surface area (Å²) in [5.41, 5.74) is 3.26. The zero-order chi connectivity index (χ0) is 20.5. The Kier molecular flexibility index (Phi) is 8.05. The Bertz CT molecular complexity index is 790. The maximum absolute atomic E-state index is 13.0. The molecule has 0 saturated heterocycles. The second kappa shape index (κ2) is 10.5. The topological polar surface area (TPSA) is 58.6 Å². The van der Waals surface area contributed by atoms with Gasteiger partial charge in [-0.2, -0.15) is 0 Å². The molecule has 0 aliphatic rings. The maximum Gasteiger partial charge on any atom is 0.261 e. The van der Waals surface area contributed by atoms with Gasteiger partial charge in [0, 0.05) is 13.6 Å². The van der Waals surface area contributed by atoms with Gasteiger partial charge in [-0.25, -0.2) is 0 Å². The molecule has 2 aromatic rings. The second-order valence-electron chi connectivity index (χ2n) is 6.85. The SMILES string of the molecule is CC[C@@H](C(=O)NC)N(CCc1ccccc1)C(=O)COc1cccc(C)c1C. The monoisotopic (exact) mass is 382 g/mol. The molecule has 0 aliphatic carbocycles. The van der Waals surface area contributed by atoms with Crippen molar-refractivity contribution in [3.8, 4) is 5.75 Å². The minimum absolute atomic E-state index is 0.0907. The smallest absolute Gasteiger partial charge is 0.261 e. The van der Waals surface area contributed by atoms with Crippen molar-refractivity contribution in [3.05, 3.63) is 65.2 Å². The Morgan fingerprint density at radius 3 is 2.43 bits per heavy atom. The zero-order valence-electron chi connectivity index (χ0n) is 17.2. The van der Waals surface area contributed by atoms with E-state index in [0.717, 1.165) is 16.7 Å². The van der Waals surface area contributed by atoms with Crippen LogP contribution in [0.5, 0.6) is 5.75 Å². The lowest BCUT2D eigenvalue weighted by Gasteiger charge is -2.30. The predicted molar refractivity (Wildman–Crippen MR) is 111 cm³/mol. The summed E-state index contributed by atoms with van der Waals surface area (Å²) in [6.45, 7) is 6.27. The summed E-state index contributed by atoms with van der Waals surface area (Å²) >= 11 is 0. The van der Waals surface area contributed by atoms with Crippen molar-refractivity contribution in [1.29, 1.82) is 0 Å². The van der Waals surface area contributed by atoms with E-state index in [1.807, 2.05) is 69.3 Å². The Morgan fingerprint density at radius 1 is 1.07 bits per heavy atom. The van der Waals surface area contributed by atoms with E-state index in [1.54, 1.807) is 11.9 Å². The highest BCUT2D eigenvalue weighted by Gasteiger charge is 2.28. The molecule has 0 unspecified atom stereocenters. The summed E-state index contributed by atoms with van der Waals surface area (Å²) in [6.07, 6.45) is 1.23. The van der Waals surface area contributed by atoms with E-state index in [-0.39, 0.29) is 18.4 Å². The van der Waals surface area contributed by atoms with Crippen LogP contribution in [0.3, 0.4) is 0 Å². The number of carbonyl (C=O) groups is 2. The van der Waals surface area contributed by atoms with Gasteiger partial charge in [0.1, 0.15) is 11.8 Å². The minimum Gasteiger partial charge on any atom is -0.483 e. The van der Waals surface area contributed by atoms with E-state index >= 15 is 0 Å².